The van der Waals surface area contributed by atoms with E-state index in [9.17, 15) is 19.6 Å². The van der Waals surface area contributed by atoms with Gasteiger partial charge in [0.1, 0.15) is 11.8 Å². The van der Waals surface area contributed by atoms with Gasteiger partial charge in [0.2, 0.25) is 5.91 Å². The van der Waals surface area contributed by atoms with Crippen molar-refractivity contribution in [3.05, 3.63) is 107 Å². The topological polar surface area (TPSA) is 147 Å². The molecule has 2 atom stereocenters. The first-order valence-corrected chi connectivity index (χ1v) is 18.9. The molecule has 15 heteroatoms. The van der Waals surface area contributed by atoms with Crippen molar-refractivity contribution in [3.8, 4) is 11.8 Å². The zero-order valence-corrected chi connectivity index (χ0v) is 30.4. The van der Waals surface area contributed by atoms with E-state index in [1.807, 2.05) is 31.1 Å². The van der Waals surface area contributed by atoms with E-state index < -0.39 is 35.7 Å². The van der Waals surface area contributed by atoms with Gasteiger partial charge in [-0.05, 0) is 55.4 Å². The third kappa shape index (κ3) is 8.53. The summed E-state index contributed by atoms with van der Waals surface area (Å²) in [6, 6.07) is 18.3. The lowest BCUT2D eigenvalue weighted by Gasteiger charge is -2.37. The number of carbonyl (C=O) groups is 3. The number of primary amides is 1. The molecule has 0 radical (unpaired) electrons. The minimum atomic E-state index is -3.26. The quantitative estimate of drug-likeness (QED) is 0.240. The number of carbonyl (C=O) groups excluding carboxylic acids is 3. The number of fused-ring (bicyclic) bond motifs is 3. The minimum absolute atomic E-state index is 0.0455. The summed E-state index contributed by atoms with van der Waals surface area (Å²) in [5.41, 5.74) is 5.95. The standard InChI is InChI=1S/C32H27F2N7O4.2C2H6S/c1-45-27-12-7-19(13-20(27)14-35)30(43)38-24-15-37-41-26-17-39(18-28(36)42)16-25(26)40(31(44)29(24)41)23-10-8-22(9-11-23)32(33,34)21-5-3-2-4-6-21;2*1-3-2/h2-13,15,25-26H,16-18H2,1H3,(H2,36,42)(H,38,43);2*1-2H3/t25-,26-;;/m0../s1. The first-order chi connectivity index (χ1) is 24.4. The highest BCUT2D eigenvalue weighted by Crippen LogP contribution is 2.40. The molecule has 0 saturated carbocycles. The van der Waals surface area contributed by atoms with Crippen LogP contribution in [0, 0.1) is 11.3 Å². The molecule has 11 nitrogen and oxygen atoms in total. The monoisotopic (exact) mass is 735 g/mol. The molecule has 3 heterocycles. The molecule has 2 aliphatic rings. The Balaban J connectivity index is 0.000000909. The van der Waals surface area contributed by atoms with Gasteiger partial charge in [-0.1, -0.05) is 42.5 Å². The van der Waals surface area contributed by atoms with Gasteiger partial charge in [0, 0.05) is 35.5 Å². The van der Waals surface area contributed by atoms with Crippen LogP contribution >= 0.6 is 23.5 Å². The summed E-state index contributed by atoms with van der Waals surface area (Å²) in [5, 5.41) is 16.6. The molecule has 268 valence electrons. The zero-order valence-electron chi connectivity index (χ0n) is 28.8. The fraction of sp³-hybridized carbons (Fsp3) is 0.306. The van der Waals surface area contributed by atoms with Gasteiger partial charge in [-0.3, -0.25) is 24.0 Å². The second kappa shape index (κ2) is 17.3. The number of methoxy groups -OCH3 is 1. The second-order valence-electron chi connectivity index (χ2n) is 11.6. The number of nitrogens with zero attached hydrogens (tertiary/aromatic N) is 5. The first-order valence-electron chi connectivity index (χ1n) is 15.6. The zero-order chi connectivity index (χ0) is 37.3. The molecule has 0 unspecified atom stereocenters. The van der Waals surface area contributed by atoms with Crippen molar-refractivity contribution in [3.63, 3.8) is 0 Å². The number of hydrogen-bond acceptors (Lipinski definition) is 9. The number of anilines is 2. The molecule has 3 aromatic carbocycles. The van der Waals surface area contributed by atoms with Gasteiger partial charge < -0.3 is 20.7 Å². The fourth-order valence-electron chi connectivity index (χ4n) is 5.96. The van der Waals surface area contributed by atoms with Crippen molar-refractivity contribution < 1.29 is 27.9 Å². The molecule has 3 N–H and O–H groups in total. The summed E-state index contributed by atoms with van der Waals surface area (Å²) in [5.74, 6) is -4.59. The van der Waals surface area contributed by atoms with E-state index in [4.69, 9.17) is 10.5 Å². The first kappa shape index (κ1) is 38.9. The molecule has 3 amide bonds. The molecule has 0 bridgehead atoms. The summed E-state index contributed by atoms with van der Waals surface area (Å²) >= 11 is 3.50. The van der Waals surface area contributed by atoms with E-state index in [0.29, 0.717) is 18.0 Å². The van der Waals surface area contributed by atoms with Crippen molar-refractivity contribution in [2.24, 2.45) is 5.73 Å². The Hall–Kier alpha value is -4.91. The smallest absolute Gasteiger partial charge is 0.298 e. The van der Waals surface area contributed by atoms with Gasteiger partial charge in [0.15, 0.2) is 5.69 Å². The van der Waals surface area contributed by atoms with Gasteiger partial charge in [-0.2, -0.15) is 42.7 Å². The molecule has 1 aromatic heterocycles. The maximum atomic E-state index is 15.3. The van der Waals surface area contributed by atoms with Crippen LogP contribution in [-0.4, -0.2) is 90.2 Å². The normalized spacial score (nSPS) is 16.4. The molecule has 1 fully saturated rings. The number of aromatic nitrogens is 2. The van der Waals surface area contributed by atoms with Crippen molar-refractivity contribution >= 4 is 52.6 Å². The van der Waals surface area contributed by atoms with Gasteiger partial charge >= 0.3 is 0 Å². The van der Waals surface area contributed by atoms with Crippen LogP contribution in [0.2, 0.25) is 0 Å². The maximum Gasteiger partial charge on any atom is 0.298 e. The van der Waals surface area contributed by atoms with Crippen molar-refractivity contribution in [1.82, 2.24) is 14.7 Å². The molecular formula is C36H39F2N7O4S2. The number of nitrogens with two attached hydrogens (primary N) is 1. The number of hydrogen-bond donors (Lipinski definition) is 2. The number of nitrogens with one attached hydrogen (secondary N) is 1. The Morgan fingerprint density at radius 2 is 1.61 bits per heavy atom. The number of thioether (sulfide) groups is 2. The number of amides is 3. The predicted octanol–water partition coefficient (Wildman–Crippen LogP) is 5.49. The van der Waals surface area contributed by atoms with Gasteiger partial charge in [0.05, 0.1) is 43.2 Å². The SMILES string of the molecule is COc1ccc(C(=O)Nc2cnn3c2C(=O)N(c2ccc(C(F)(F)c4ccccc4)cc2)[C@H]2CN(CC(N)=O)C[C@@H]23)cc1C#N.CSC.CSC. The second-order valence-corrected chi connectivity index (χ2v) is 13.2. The summed E-state index contributed by atoms with van der Waals surface area (Å²) in [4.78, 5) is 42.4. The highest BCUT2D eigenvalue weighted by atomic mass is 32.2. The molecule has 0 spiro atoms. The summed E-state index contributed by atoms with van der Waals surface area (Å²) < 4.78 is 37.2. The Kier molecular flexibility index (Phi) is 13.2. The molecule has 1 saturated heterocycles. The van der Waals surface area contributed by atoms with Crippen molar-refractivity contribution in [2.45, 2.75) is 18.0 Å². The van der Waals surface area contributed by atoms with Gasteiger partial charge in [0.25, 0.3) is 17.7 Å². The van der Waals surface area contributed by atoms with E-state index in [1.54, 1.807) is 46.6 Å². The number of benzene rings is 3. The van der Waals surface area contributed by atoms with E-state index >= 15 is 8.78 Å². The van der Waals surface area contributed by atoms with E-state index in [2.05, 4.69) is 10.4 Å². The molecular weight excluding hydrogens is 697 g/mol. The predicted molar refractivity (Wildman–Crippen MR) is 198 cm³/mol. The highest BCUT2D eigenvalue weighted by molar-refractivity contribution is 7.98. The van der Waals surface area contributed by atoms with E-state index in [0.717, 1.165) is 0 Å². The Bertz CT molecular complexity index is 1880. The van der Waals surface area contributed by atoms with Gasteiger partial charge in [-0.15, -0.1) is 0 Å². The van der Waals surface area contributed by atoms with Gasteiger partial charge in [-0.25, -0.2) is 0 Å². The minimum Gasteiger partial charge on any atom is -0.495 e. The summed E-state index contributed by atoms with van der Waals surface area (Å²) in [7, 11) is 1.41. The summed E-state index contributed by atoms with van der Waals surface area (Å²) in [6.07, 6.45) is 9.53. The van der Waals surface area contributed by atoms with Crippen LogP contribution in [0.4, 0.5) is 20.2 Å². The largest absolute Gasteiger partial charge is 0.495 e. The van der Waals surface area contributed by atoms with Crippen molar-refractivity contribution in [1.29, 1.82) is 5.26 Å². The van der Waals surface area contributed by atoms with Crippen LogP contribution in [0.15, 0.2) is 79.0 Å². The van der Waals surface area contributed by atoms with Crippen LogP contribution in [0.25, 0.3) is 0 Å². The number of halogens is 2. The van der Waals surface area contributed by atoms with E-state index in [1.165, 1.54) is 77.5 Å². The van der Waals surface area contributed by atoms with Crippen LogP contribution in [-0.2, 0) is 10.7 Å². The third-order valence-electron chi connectivity index (χ3n) is 8.05. The molecule has 2 aliphatic heterocycles. The average molecular weight is 736 g/mol. The fourth-order valence-corrected chi connectivity index (χ4v) is 5.96. The lowest BCUT2D eigenvalue weighted by atomic mass is 9.99. The number of ether oxygens (including phenoxy) is 1. The number of rotatable bonds is 8. The molecule has 4 aromatic rings. The van der Waals surface area contributed by atoms with Crippen LogP contribution < -0.4 is 20.7 Å². The van der Waals surface area contributed by atoms with Crippen LogP contribution in [0.5, 0.6) is 5.75 Å². The Labute approximate surface area is 304 Å². The van der Waals surface area contributed by atoms with Crippen LogP contribution in [0.3, 0.4) is 0 Å². The lowest BCUT2D eigenvalue weighted by molar-refractivity contribution is -0.118. The number of likely N-dealkylation sites (tertiary alicyclic amines) is 1. The highest BCUT2D eigenvalue weighted by Gasteiger charge is 2.48. The summed E-state index contributed by atoms with van der Waals surface area (Å²) in [6.45, 7) is 0.564. The van der Waals surface area contributed by atoms with Crippen LogP contribution in [0.1, 0.15) is 43.6 Å². The number of alkyl halides is 2. The Morgan fingerprint density at radius 3 is 2.20 bits per heavy atom. The molecule has 0 aliphatic carbocycles. The molecule has 6 rings (SSSR count). The molecule has 51 heavy (non-hydrogen) atoms. The Morgan fingerprint density at radius 1 is 1.00 bits per heavy atom. The third-order valence-corrected chi connectivity index (χ3v) is 8.05. The van der Waals surface area contributed by atoms with Crippen molar-refractivity contribution in [2.75, 3.05) is 62.0 Å². The lowest BCUT2D eigenvalue weighted by Crippen LogP contribution is -2.51. The maximum absolute atomic E-state index is 15.3. The number of nitriles is 1. The van der Waals surface area contributed by atoms with E-state index in [-0.39, 0.29) is 46.7 Å². The average Bonchev–Trinajstić information content (AvgIpc) is 3.73.